The van der Waals surface area contributed by atoms with Crippen LogP contribution in [0.4, 0.5) is 17.1 Å². The molecule has 0 atom stereocenters. The Kier molecular flexibility index (Phi) is 7.92. The van der Waals surface area contributed by atoms with Gasteiger partial charge in [-0.3, -0.25) is 0 Å². The summed E-state index contributed by atoms with van der Waals surface area (Å²) in [5, 5.41) is 2.44. The highest BCUT2D eigenvalue weighted by molar-refractivity contribution is 5.98. The van der Waals surface area contributed by atoms with Crippen molar-refractivity contribution in [3.63, 3.8) is 0 Å². The van der Waals surface area contributed by atoms with E-state index in [1.807, 2.05) is 0 Å². The van der Waals surface area contributed by atoms with E-state index in [1.165, 1.54) is 66.4 Å². The number of benzene rings is 11. The Labute approximate surface area is 400 Å². The number of rotatable bonds is 4. The van der Waals surface area contributed by atoms with Gasteiger partial charge < -0.3 is 14.4 Å². The van der Waals surface area contributed by atoms with E-state index in [9.17, 15) is 0 Å². The van der Waals surface area contributed by atoms with Gasteiger partial charge in [-0.05, 0) is 139 Å². The topological polar surface area (TPSA) is 21.7 Å². The van der Waals surface area contributed by atoms with E-state index in [0.29, 0.717) is 0 Å². The van der Waals surface area contributed by atoms with Gasteiger partial charge >= 0.3 is 0 Å². The maximum absolute atomic E-state index is 6.80. The van der Waals surface area contributed by atoms with Gasteiger partial charge in [0, 0.05) is 39.3 Å². The van der Waals surface area contributed by atoms with Crippen molar-refractivity contribution < 1.29 is 9.47 Å². The SMILES string of the molecule is c1ccc(-c2ccc(N(c3ccc4c(c3)C3(c5ccccc5Oc5ccccc53)c3ccccc3-4)c3ccc4c(c3)C3(c5ccccc5Oc5ccccc53)c3cc5ccccc5cc3-4)cc2)cc1. The summed E-state index contributed by atoms with van der Waals surface area (Å²) in [6.45, 7) is 0. The Morgan fingerprint density at radius 3 is 1.17 bits per heavy atom. The molecule has 69 heavy (non-hydrogen) atoms. The predicted octanol–water partition coefficient (Wildman–Crippen LogP) is 16.9. The lowest BCUT2D eigenvalue weighted by atomic mass is 9.66. The molecule has 3 heteroatoms. The summed E-state index contributed by atoms with van der Waals surface area (Å²) in [5.41, 5.74) is 18.8. The van der Waals surface area contributed by atoms with Crippen LogP contribution in [0.1, 0.15) is 44.5 Å². The molecule has 2 aliphatic carbocycles. The van der Waals surface area contributed by atoms with Crippen LogP contribution in [0.2, 0.25) is 0 Å². The van der Waals surface area contributed by atoms with Gasteiger partial charge in [-0.25, -0.2) is 0 Å². The Hall–Kier alpha value is -8.92. The van der Waals surface area contributed by atoms with E-state index in [2.05, 4.69) is 254 Å². The van der Waals surface area contributed by atoms with E-state index in [-0.39, 0.29) is 0 Å². The summed E-state index contributed by atoms with van der Waals surface area (Å²) in [6, 6.07) is 91.1. The zero-order valence-corrected chi connectivity index (χ0v) is 37.4. The number of hydrogen-bond acceptors (Lipinski definition) is 3. The largest absolute Gasteiger partial charge is 0.457 e. The number of ether oxygens (including phenoxy) is 2. The Morgan fingerprint density at radius 1 is 0.246 bits per heavy atom. The lowest BCUT2D eigenvalue weighted by molar-refractivity contribution is 0.436. The zero-order valence-electron chi connectivity index (χ0n) is 37.4. The minimum atomic E-state index is -0.655. The minimum absolute atomic E-state index is 0.614. The smallest absolute Gasteiger partial charge is 0.132 e. The van der Waals surface area contributed by atoms with Crippen LogP contribution in [0.15, 0.2) is 249 Å². The molecule has 2 aliphatic heterocycles. The number of para-hydroxylation sites is 4. The van der Waals surface area contributed by atoms with Crippen LogP contribution in [0.5, 0.6) is 23.0 Å². The second-order valence-electron chi connectivity index (χ2n) is 18.7. The van der Waals surface area contributed by atoms with Gasteiger partial charge in [0.25, 0.3) is 0 Å². The summed E-state index contributed by atoms with van der Waals surface area (Å²) in [6.07, 6.45) is 0. The van der Waals surface area contributed by atoms with Crippen molar-refractivity contribution in [2.24, 2.45) is 0 Å². The fourth-order valence-corrected chi connectivity index (χ4v) is 12.6. The summed E-state index contributed by atoms with van der Waals surface area (Å²) in [5.74, 6) is 3.52. The lowest BCUT2D eigenvalue weighted by Gasteiger charge is -2.40. The third-order valence-electron chi connectivity index (χ3n) is 15.4. The van der Waals surface area contributed by atoms with Crippen molar-refractivity contribution in [3.8, 4) is 56.4 Å². The molecular formula is C66H41NO2. The van der Waals surface area contributed by atoms with Gasteiger partial charge in [0.2, 0.25) is 0 Å². The normalized spacial score (nSPS) is 14.3. The molecule has 2 heterocycles. The summed E-state index contributed by atoms with van der Waals surface area (Å²) >= 11 is 0. The van der Waals surface area contributed by atoms with Crippen LogP contribution in [-0.4, -0.2) is 0 Å². The van der Waals surface area contributed by atoms with Gasteiger partial charge in [0.05, 0.1) is 10.8 Å². The highest BCUT2D eigenvalue weighted by Crippen LogP contribution is 2.65. The maximum Gasteiger partial charge on any atom is 0.132 e. The molecule has 322 valence electrons. The molecule has 15 rings (SSSR count). The molecule has 11 aromatic rings. The summed E-state index contributed by atoms with van der Waals surface area (Å²) in [7, 11) is 0. The highest BCUT2D eigenvalue weighted by Gasteiger charge is 2.53. The minimum Gasteiger partial charge on any atom is -0.457 e. The Morgan fingerprint density at radius 2 is 0.623 bits per heavy atom. The molecule has 0 fully saturated rings. The van der Waals surface area contributed by atoms with E-state index < -0.39 is 10.8 Å². The number of nitrogens with zero attached hydrogens (tertiary/aromatic N) is 1. The van der Waals surface area contributed by atoms with Crippen molar-refractivity contribution >= 4 is 27.8 Å². The van der Waals surface area contributed by atoms with E-state index in [1.54, 1.807) is 0 Å². The Bertz CT molecular complexity index is 3830. The van der Waals surface area contributed by atoms with Gasteiger partial charge in [0.15, 0.2) is 0 Å². The second kappa shape index (κ2) is 14.3. The molecule has 0 radical (unpaired) electrons. The van der Waals surface area contributed by atoms with Crippen molar-refractivity contribution in [1.82, 2.24) is 0 Å². The molecular weight excluding hydrogens is 839 g/mol. The predicted molar refractivity (Wildman–Crippen MR) is 279 cm³/mol. The third kappa shape index (κ3) is 5.16. The molecule has 0 unspecified atom stereocenters. The average molecular weight is 880 g/mol. The van der Waals surface area contributed by atoms with Crippen molar-refractivity contribution in [2.75, 3.05) is 4.90 Å². The first kappa shape index (κ1) is 38.2. The van der Waals surface area contributed by atoms with E-state index in [0.717, 1.165) is 62.3 Å². The summed E-state index contributed by atoms with van der Waals surface area (Å²) in [4.78, 5) is 2.47. The van der Waals surface area contributed by atoms with Crippen LogP contribution in [0, 0.1) is 0 Å². The maximum atomic E-state index is 6.80. The molecule has 3 nitrogen and oxygen atoms in total. The van der Waals surface area contributed by atoms with Crippen LogP contribution >= 0.6 is 0 Å². The molecule has 0 aromatic heterocycles. The fraction of sp³-hybridized carbons (Fsp3) is 0.0303. The van der Waals surface area contributed by atoms with E-state index in [4.69, 9.17) is 9.47 Å². The standard InChI is InChI=1S/C66H41NO2/c1-2-16-42(17-3-1)43-30-32-46(33-31-43)67(47-34-36-50-49-20-6-7-21-53(49)65(59(50)40-47)54-22-8-12-26-61(54)68-62-27-13-9-23-55(62)65)48-35-37-51-52-38-44-18-4-5-19-45(44)39-58(52)66(60(51)41-48)56-24-10-14-28-63(56)69-64-29-15-11-25-57(64)66/h1-41H. The second-order valence-corrected chi connectivity index (χ2v) is 18.7. The quantitative estimate of drug-likeness (QED) is 0.176. The highest BCUT2D eigenvalue weighted by atomic mass is 16.5. The lowest BCUT2D eigenvalue weighted by Crippen LogP contribution is -2.32. The first-order valence-corrected chi connectivity index (χ1v) is 23.8. The van der Waals surface area contributed by atoms with Crippen LogP contribution in [0.3, 0.4) is 0 Å². The molecule has 11 aromatic carbocycles. The third-order valence-corrected chi connectivity index (χ3v) is 15.4. The van der Waals surface area contributed by atoms with Crippen molar-refractivity contribution in [1.29, 1.82) is 0 Å². The monoisotopic (exact) mass is 879 g/mol. The van der Waals surface area contributed by atoms with E-state index >= 15 is 0 Å². The van der Waals surface area contributed by atoms with Gasteiger partial charge in [0.1, 0.15) is 23.0 Å². The molecule has 0 saturated carbocycles. The molecule has 4 aliphatic rings. The number of hydrogen-bond donors (Lipinski definition) is 0. The first-order valence-electron chi connectivity index (χ1n) is 23.8. The molecule has 0 saturated heterocycles. The molecule has 2 spiro atoms. The molecule has 0 N–H and O–H groups in total. The Balaban J connectivity index is 1.01. The summed E-state index contributed by atoms with van der Waals surface area (Å²) < 4.78 is 13.5. The zero-order chi connectivity index (χ0) is 45.3. The van der Waals surface area contributed by atoms with Crippen LogP contribution in [0.25, 0.3) is 44.2 Å². The number of fused-ring (bicyclic) bond motifs is 19. The van der Waals surface area contributed by atoms with Gasteiger partial charge in [-0.15, -0.1) is 0 Å². The number of anilines is 3. The fourth-order valence-electron chi connectivity index (χ4n) is 12.6. The van der Waals surface area contributed by atoms with Crippen molar-refractivity contribution in [2.45, 2.75) is 10.8 Å². The van der Waals surface area contributed by atoms with Gasteiger partial charge in [-0.1, -0.05) is 176 Å². The average Bonchev–Trinajstić information content (AvgIpc) is 3.85. The molecule has 0 bridgehead atoms. The van der Waals surface area contributed by atoms with Crippen LogP contribution < -0.4 is 14.4 Å². The van der Waals surface area contributed by atoms with Gasteiger partial charge in [-0.2, -0.15) is 0 Å². The molecule has 0 amide bonds. The first-order chi connectivity index (χ1) is 34.2. The van der Waals surface area contributed by atoms with Crippen molar-refractivity contribution in [3.05, 3.63) is 293 Å². The van der Waals surface area contributed by atoms with Crippen LogP contribution in [-0.2, 0) is 10.8 Å².